The number of hydrogen-bond acceptors (Lipinski definition) is 5. The predicted octanol–water partition coefficient (Wildman–Crippen LogP) is 1.83. The molecule has 0 unspecified atom stereocenters. The van der Waals surface area contributed by atoms with Gasteiger partial charge in [0.05, 0.1) is 5.92 Å². The van der Waals surface area contributed by atoms with E-state index in [0.717, 1.165) is 12.0 Å². The van der Waals surface area contributed by atoms with Gasteiger partial charge in [0.25, 0.3) is 5.91 Å². The molecule has 0 aromatic heterocycles. The first-order valence-corrected chi connectivity index (χ1v) is 9.94. The van der Waals surface area contributed by atoms with E-state index in [9.17, 15) is 14.4 Å². The molecule has 0 bridgehead atoms. The van der Waals surface area contributed by atoms with Crippen LogP contribution in [0.15, 0.2) is 42.5 Å². The molecule has 1 saturated heterocycles. The molecular formula is C22H23N3O5. The van der Waals surface area contributed by atoms with E-state index in [2.05, 4.69) is 10.9 Å². The lowest BCUT2D eigenvalue weighted by atomic mass is 10.1. The second kappa shape index (κ2) is 8.44. The molecule has 30 heavy (non-hydrogen) atoms. The molecule has 2 aliphatic heterocycles. The van der Waals surface area contributed by atoms with Gasteiger partial charge in [-0.3, -0.25) is 25.2 Å². The Labute approximate surface area is 174 Å². The minimum absolute atomic E-state index is 0.0708. The number of carbonyl (C=O) groups is 3. The number of anilines is 1. The molecule has 4 rings (SSSR count). The zero-order valence-corrected chi connectivity index (χ0v) is 16.6. The van der Waals surface area contributed by atoms with Crippen LogP contribution < -0.4 is 25.2 Å². The maximum absolute atomic E-state index is 12.5. The number of nitrogens with one attached hydrogen (secondary N) is 2. The molecule has 2 heterocycles. The lowest BCUT2D eigenvalue weighted by Crippen LogP contribution is -2.45. The van der Waals surface area contributed by atoms with Crippen molar-refractivity contribution in [3.8, 4) is 11.5 Å². The topological polar surface area (TPSA) is 97.0 Å². The van der Waals surface area contributed by atoms with Crippen LogP contribution in [0.25, 0.3) is 0 Å². The van der Waals surface area contributed by atoms with Gasteiger partial charge in [-0.1, -0.05) is 19.1 Å². The van der Waals surface area contributed by atoms with Gasteiger partial charge in [-0.05, 0) is 36.2 Å². The van der Waals surface area contributed by atoms with Crippen LogP contribution >= 0.6 is 0 Å². The highest BCUT2D eigenvalue weighted by molar-refractivity contribution is 6.01. The van der Waals surface area contributed by atoms with Crippen molar-refractivity contribution in [1.82, 2.24) is 10.9 Å². The summed E-state index contributed by atoms with van der Waals surface area (Å²) in [6, 6.07) is 12.4. The standard InChI is InChI=1S/C22H23N3O5/c1-2-14-3-5-15(6-4-14)21(27)23-24-22(28)16-11-20(26)25(13-16)17-7-8-18-19(12-17)30-10-9-29-18/h3-8,12,16H,2,9-11,13H2,1H3,(H,23,27)(H,24,28)/t16-/m0/s1. The molecule has 2 N–H and O–H groups in total. The molecule has 8 nitrogen and oxygen atoms in total. The van der Waals surface area contributed by atoms with Crippen molar-refractivity contribution in [1.29, 1.82) is 0 Å². The van der Waals surface area contributed by atoms with Crippen molar-refractivity contribution in [2.24, 2.45) is 5.92 Å². The van der Waals surface area contributed by atoms with Crippen molar-refractivity contribution in [3.63, 3.8) is 0 Å². The molecule has 3 amide bonds. The Hall–Kier alpha value is -3.55. The van der Waals surface area contributed by atoms with Crippen LogP contribution in [0.4, 0.5) is 5.69 Å². The van der Waals surface area contributed by atoms with E-state index in [1.165, 1.54) is 0 Å². The maximum atomic E-state index is 12.5. The quantitative estimate of drug-likeness (QED) is 0.751. The largest absolute Gasteiger partial charge is 0.486 e. The molecule has 2 aliphatic rings. The van der Waals surface area contributed by atoms with E-state index < -0.39 is 17.7 Å². The molecule has 0 radical (unpaired) electrons. The summed E-state index contributed by atoms with van der Waals surface area (Å²) < 4.78 is 11.1. The summed E-state index contributed by atoms with van der Waals surface area (Å²) in [5.74, 6) is -0.302. The number of benzene rings is 2. The van der Waals surface area contributed by atoms with Crippen LogP contribution in [0.2, 0.25) is 0 Å². The van der Waals surface area contributed by atoms with Gasteiger partial charge < -0.3 is 14.4 Å². The summed E-state index contributed by atoms with van der Waals surface area (Å²) in [6.07, 6.45) is 0.954. The van der Waals surface area contributed by atoms with Gasteiger partial charge in [-0.25, -0.2) is 0 Å². The van der Waals surface area contributed by atoms with Gasteiger partial charge >= 0.3 is 0 Å². The van der Waals surface area contributed by atoms with Crippen LogP contribution in [0.3, 0.4) is 0 Å². The Bertz CT molecular complexity index is 973. The fourth-order valence-electron chi connectivity index (χ4n) is 3.52. The maximum Gasteiger partial charge on any atom is 0.269 e. The number of ether oxygens (including phenoxy) is 2. The van der Waals surface area contributed by atoms with Gasteiger partial charge in [0, 0.05) is 30.3 Å². The number of hydrazine groups is 1. The lowest BCUT2D eigenvalue weighted by Gasteiger charge is -2.22. The molecule has 0 spiro atoms. The third-order valence-corrected chi connectivity index (χ3v) is 5.26. The van der Waals surface area contributed by atoms with Gasteiger partial charge in [-0.15, -0.1) is 0 Å². The Balaban J connectivity index is 1.35. The third kappa shape index (κ3) is 4.07. The highest BCUT2D eigenvalue weighted by atomic mass is 16.6. The van der Waals surface area contributed by atoms with Crippen LogP contribution in [0.1, 0.15) is 29.3 Å². The number of aryl methyl sites for hydroxylation is 1. The Morgan fingerprint density at radius 3 is 2.50 bits per heavy atom. The van der Waals surface area contributed by atoms with Crippen molar-refractivity contribution >= 4 is 23.4 Å². The zero-order chi connectivity index (χ0) is 21.1. The summed E-state index contributed by atoms with van der Waals surface area (Å²) in [5.41, 5.74) is 7.08. The molecule has 0 aliphatic carbocycles. The van der Waals surface area contributed by atoms with Crippen LogP contribution in [-0.4, -0.2) is 37.5 Å². The minimum Gasteiger partial charge on any atom is -0.486 e. The lowest BCUT2D eigenvalue weighted by molar-refractivity contribution is -0.126. The van der Waals surface area contributed by atoms with Gasteiger partial charge in [0.2, 0.25) is 11.8 Å². The Morgan fingerprint density at radius 2 is 1.77 bits per heavy atom. The average molecular weight is 409 g/mol. The zero-order valence-electron chi connectivity index (χ0n) is 16.6. The molecule has 8 heteroatoms. The van der Waals surface area contributed by atoms with E-state index >= 15 is 0 Å². The Morgan fingerprint density at radius 1 is 1.03 bits per heavy atom. The van der Waals surface area contributed by atoms with E-state index in [0.29, 0.717) is 36.0 Å². The smallest absolute Gasteiger partial charge is 0.269 e. The molecule has 156 valence electrons. The van der Waals surface area contributed by atoms with Crippen LogP contribution in [0, 0.1) is 5.92 Å². The molecule has 2 aromatic rings. The van der Waals surface area contributed by atoms with Crippen molar-refractivity contribution in [3.05, 3.63) is 53.6 Å². The first-order valence-electron chi connectivity index (χ1n) is 9.94. The molecular weight excluding hydrogens is 386 g/mol. The van der Waals surface area contributed by atoms with Gasteiger partial charge in [0.1, 0.15) is 13.2 Å². The number of amides is 3. The highest BCUT2D eigenvalue weighted by Gasteiger charge is 2.35. The fourth-order valence-corrected chi connectivity index (χ4v) is 3.52. The summed E-state index contributed by atoms with van der Waals surface area (Å²) in [4.78, 5) is 38.7. The second-order valence-electron chi connectivity index (χ2n) is 7.23. The predicted molar refractivity (Wildman–Crippen MR) is 109 cm³/mol. The van der Waals surface area contributed by atoms with Crippen molar-refractivity contribution in [2.75, 3.05) is 24.7 Å². The number of nitrogens with zero attached hydrogens (tertiary/aromatic N) is 1. The second-order valence-corrected chi connectivity index (χ2v) is 7.23. The Kier molecular flexibility index (Phi) is 5.56. The normalized spacial score (nSPS) is 17.6. The van der Waals surface area contributed by atoms with Crippen molar-refractivity contribution < 1.29 is 23.9 Å². The average Bonchev–Trinajstić information content (AvgIpc) is 3.18. The first-order chi connectivity index (χ1) is 14.5. The monoisotopic (exact) mass is 409 g/mol. The van der Waals surface area contributed by atoms with E-state index in [4.69, 9.17) is 9.47 Å². The fraction of sp³-hybridized carbons (Fsp3) is 0.318. The van der Waals surface area contributed by atoms with Gasteiger partial charge in [-0.2, -0.15) is 0 Å². The number of hydrogen-bond donors (Lipinski definition) is 2. The first kappa shape index (κ1) is 19.8. The SMILES string of the molecule is CCc1ccc(C(=O)NNC(=O)[C@H]2CC(=O)N(c3ccc4c(c3)OCCO4)C2)cc1. The summed E-state index contributed by atoms with van der Waals surface area (Å²) in [6.45, 7) is 3.21. The summed E-state index contributed by atoms with van der Waals surface area (Å²) >= 11 is 0. The van der Waals surface area contributed by atoms with E-state index in [1.54, 1.807) is 35.2 Å². The van der Waals surface area contributed by atoms with E-state index in [1.807, 2.05) is 19.1 Å². The van der Waals surface area contributed by atoms with Gasteiger partial charge in [0.15, 0.2) is 11.5 Å². The molecule has 2 aromatic carbocycles. The third-order valence-electron chi connectivity index (χ3n) is 5.26. The van der Waals surface area contributed by atoms with Crippen LogP contribution in [-0.2, 0) is 16.0 Å². The number of fused-ring (bicyclic) bond motifs is 1. The van der Waals surface area contributed by atoms with Crippen LogP contribution in [0.5, 0.6) is 11.5 Å². The summed E-state index contributed by atoms with van der Waals surface area (Å²) in [7, 11) is 0. The summed E-state index contributed by atoms with van der Waals surface area (Å²) in [5, 5.41) is 0. The highest BCUT2D eigenvalue weighted by Crippen LogP contribution is 2.35. The molecule has 1 fully saturated rings. The molecule has 1 atom stereocenters. The molecule has 0 saturated carbocycles. The number of rotatable bonds is 4. The van der Waals surface area contributed by atoms with Crippen molar-refractivity contribution in [2.45, 2.75) is 19.8 Å². The number of carbonyl (C=O) groups excluding carboxylic acids is 3. The minimum atomic E-state index is -0.562. The van der Waals surface area contributed by atoms with E-state index in [-0.39, 0.29) is 18.9 Å².